The summed E-state index contributed by atoms with van der Waals surface area (Å²) < 4.78 is 0.833. The highest BCUT2D eigenvalue weighted by Gasteiger charge is 1.94. The molecule has 52 valence electrons. The van der Waals surface area contributed by atoms with Crippen molar-refractivity contribution >= 4 is 0 Å². The number of hydrogen-bond donors (Lipinski definition) is 0. The molecule has 0 bridgehead atoms. The molecule has 0 amide bonds. The monoisotopic (exact) mass is 183 g/mol. The molecule has 0 aliphatic rings. The Bertz CT molecular complexity index is 57.9. The number of quaternary nitrogens is 1. The molecule has 0 spiro atoms. The highest BCUT2D eigenvalue weighted by atomic mass is 79.9. The smallest absolute Gasteiger partial charge is 0.0879 e. The van der Waals surface area contributed by atoms with Crippen molar-refractivity contribution < 1.29 is 26.9 Å². The van der Waals surface area contributed by atoms with E-state index >= 15 is 0 Å². The average Bonchev–Trinajstić information content (AvgIpc) is 1.35. The zero-order chi connectivity index (χ0) is 5.21. The van der Waals surface area contributed by atoms with Crippen LogP contribution in [-0.2, 0) is 0 Å². The number of nitrogens with zero attached hydrogens (tertiary/aromatic N) is 1. The molecule has 0 aliphatic carbocycles. The Kier molecular flexibility index (Phi) is 10.4. The first kappa shape index (κ1) is 15.7. The predicted molar refractivity (Wildman–Crippen MR) is 31.8 cm³/mol. The minimum absolute atomic E-state index is 0. The van der Waals surface area contributed by atoms with E-state index < -0.39 is 0 Å². The topological polar surface area (TPSA) is 31.5 Å². The molecule has 0 aromatic carbocycles. The molecule has 2 nitrogen and oxygen atoms in total. The van der Waals surface area contributed by atoms with E-state index in [1.807, 2.05) is 6.20 Å². The lowest BCUT2D eigenvalue weighted by atomic mass is 10.7. The second kappa shape index (κ2) is 5.28. The number of halogens is 1. The van der Waals surface area contributed by atoms with E-state index in [0.29, 0.717) is 0 Å². The van der Waals surface area contributed by atoms with Crippen LogP contribution in [0.2, 0.25) is 0 Å². The molecular formula is C5H14BrNO. The summed E-state index contributed by atoms with van der Waals surface area (Å²) in [5.74, 6) is 0. The molecule has 0 aromatic heterocycles. The quantitative estimate of drug-likeness (QED) is 0.389. The summed E-state index contributed by atoms with van der Waals surface area (Å²) >= 11 is 0. The van der Waals surface area contributed by atoms with Crippen molar-refractivity contribution in [1.82, 2.24) is 0 Å². The van der Waals surface area contributed by atoms with Crippen molar-refractivity contribution in [2.24, 2.45) is 0 Å². The van der Waals surface area contributed by atoms with Crippen LogP contribution in [0.3, 0.4) is 0 Å². The lowest BCUT2D eigenvalue weighted by Gasteiger charge is -2.15. The van der Waals surface area contributed by atoms with E-state index in [9.17, 15) is 0 Å². The molecule has 0 fully saturated rings. The van der Waals surface area contributed by atoms with Crippen molar-refractivity contribution in [2.75, 3.05) is 21.1 Å². The summed E-state index contributed by atoms with van der Waals surface area (Å²) in [5.41, 5.74) is 0. The van der Waals surface area contributed by atoms with Gasteiger partial charge in [-0.25, -0.2) is 0 Å². The number of hydrogen-bond acceptors (Lipinski definition) is 0. The van der Waals surface area contributed by atoms with Crippen LogP contribution in [0.15, 0.2) is 12.8 Å². The van der Waals surface area contributed by atoms with Gasteiger partial charge < -0.3 is 26.9 Å². The summed E-state index contributed by atoms with van der Waals surface area (Å²) in [6.45, 7) is 3.60. The van der Waals surface area contributed by atoms with E-state index in [2.05, 4.69) is 27.7 Å². The van der Waals surface area contributed by atoms with Crippen LogP contribution >= 0.6 is 0 Å². The Labute approximate surface area is 61.5 Å². The van der Waals surface area contributed by atoms with Gasteiger partial charge in [-0.1, -0.05) is 0 Å². The average molecular weight is 184 g/mol. The Hall–Kier alpha value is 0.140. The molecule has 3 heteroatoms. The summed E-state index contributed by atoms with van der Waals surface area (Å²) in [4.78, 5) is 0. The maximum absolute atomic E-state index is 3.60. The Morgan fingerprint density at radius 2 is 1.38 bits per heavy atom. The third-order valence-electron chi connectivity index (χ3n) is 0.548. The van der Waals surface area contributed by atoms with Gasteiger partial charge in [-0.2, -0.15) is 0 Å². The molecule has 0 saturated heterocycles. The molecule has 0 rings (SSSR count). The first-order chi connectivity index (χ1) is 2.56. The van der Waals surface area contributed by atoms with Crippen LogP contribution in [0.5, 0.6) is 0 Å². The molecular weight excluding hydrogens is 170 g/mol. The highest BCUT2D eigenvalue weighted by Crippen LogP contribution is 1.85. The molecule has 0 aromatic rings. The predicted octanol–water partition coefficient (Wildman–Crippen LogP) is -2.98. The van der Waals surface area contributed by atoms with E-state index in [-0.39, 0.29) is 22.5 Å². The van der Waals surface area contributed by atoms with Gasteiger partial charge in [0.15, 0.2) is 0 Å². The van der Waals surface area contributed by atoms with Crippen LogP contribution in [-0.4, -0.2) is 31.1 Å². The van der Waals surface area contributed by atoms with Crippen molar-refractivity contribution in [1.29, 1.82) is 0 Å². The van der Waals surface area contributed by atoms with E-state index in [0.717, 1.165) is 4.48 Å². The first-order valence-electron chi connectivity index (χ1n) is 2.01. The summed E-state index contributed by atoms with van der Waals surface area (Å²) in [5, 5.41) is 0. The van der Waals surface area contributed by atoms with Crippen molar-refractivity contribution in [3.63, 3.8) is 0 Å². The molecule has 0 unspecified atom stereocenters. The highest BCUT2D eigenvalue weighted by molar-refractivity contribution is 4.46. The molecule has 0 atom stereocenters. The van der Waals surface area contributed by atoms with Gasteiger partial charge >= 0.3 is 0 Å². The normalized spacial score (nSPS) is 8.38. The minimum Gasteiger partial charge on any atom is -1.00 e. The Balaban J connectivity index is -0.000000125. The number of rotatable bonds is 1. The van der Waals surface area contributed by atoms with Gasteiger partial charge in [0.05, 0.1) is 27.3 Å². The molecule has 0 radical (unpaired) electrons. The van der Waals surface area contributed by atoms with Crippen molar-refractivity contribution in [3.8, 4) is 0 Å². The van der Waals surface area contributed by atoms with Gasteiger partial charge in [-0.05, 0) is 6.58 Å². The molecule has 0 saturated carbocycles. The van der Waals surface area contributed by atoms with Crippen LogP contribution in [0, 0.1) is 0 Å². The van der Waals surface area contributed by atoms with Gasteiger partial charge in [0.2, 0.25) is 0 Å². The molecule has 0 aliphatic heterocycles. The standard InChI is InChI=1S/C5H12N.BrH.H2O/c1-5-6(2,3)4;;/h5H,1H2,2-4H3;1H;1H2/q+1;;/p-1. The van der Waals surface area contributed by atoms with Crippen LogP contribution in [0.25, 0.3) is 0 Å². The van der Waals surface area contributed by atoms with E-state index in [1.165, 1.54) is 0 Å². The third kappa shape index (κ3) is 16.5. The summed E-state index contributed by atoms with van der Waals surface area (Å²) in [6.07, 6.45) is 1.88. The van der Waals surface area contributed by atoms with Gasteiger partial charge in [0.1, 0.15) is 0 Å². The Morgan fingerprint density at radius 3 is 1.38 bits per heavy atom. The maximum Gasteiger partial charge on any atom is 0.0879 e. The lowest BCUT2D eigenvalue weighted by molar-refractivity contribution is -0.816. The van der Waals surface area contributed by atoms with Crippen LogP contribution in [0.1, 0.15) is 0 Å². The minimum atomic E-state index is 0. The van der Waals surface area contributed by atoms with E-state index in [1.54, 1.807) is 0 Å². The zero-order valence-corrected chi connectivity index (χ0v) is 7.20. The second-order valence-electron chi connectivity index (χ2n) is 2.30. The van der Waals surface area contributed by atoms with E-state index in [4.69, 9.17) is 0 Å². The largest absolute Gasteiger partial charge is 1.00 e. The molecule has 0 heterocycles. The second-order valence-corrected chi connectivity index (χ2v) is 2.30. The van der Waals surface area contributed by atoms with Crippen molar-refractivity contribution in [2.45, 2.75) is 0 Å². The lowest BCUT2D eigenvalue weighted by Crippen LogP contribution is -3.00. The SMILES string of the molecule is C=C[N+](C)(C)C.O.[Br-]. The fourth-order valence-corrected chi connectivity index (χ4v) is 0. The van der Waals surface area contributed by atoms with Crippen LogP contribution < -0.4 is 17.0 Å². The summed E-state index contributed by atoms with van der Waals surface area (Å²) in [6, 6.07) is 0. The maximum atomic E-state index is 3.60. The van der Waals surface area contributed by atoms with Gasteiger partial charge in [0, 0.05) is 0 Å². The van der Waals surface area contributed by atoms with Crippen molar-refractivity contribution in [3.05, 3.63) is 12.8 Å². The fraction of sp³-hybridized carbons (Fsp3) is 0.600. The van der Waals surface area contributed by atoms with Gasteiger partial charge in [-0.15, -0.1) is 0 Å². The fourth-order valence-electron chi connectivity index (χ4n) is 0. The third-order valence-corrected chi connectivity index (χ3v) is 0.548. The first-order valence-corrected chi connectivity index (χ1v) is 2.01. The van der Waals surface area contributed by atoms with Gasteiger partial charge in [-0.3, -0.25) is 0 Å². The molecule has 8 heavy (non-hydrogen) atoms. The molecule has 2 N–H and O–H groups in total. The Morgan fingerprint density at radius 1 is 1.25 bits per heavy atom. The van der Waals surface area contributed by atoms with Gasteiger partial charge in [0.25, 0.3) is 0 Å². The zero-order valence-electron chi connectivity index (χ0n) is 5.61. The van der Waals surface area contributed by atoms with Crippen LogP contribution in [0.4, 0.5) is 0 Å². The summed E-state index contributed by atoms with van der Waals surface area (Å²) in [7, 11) is 6.19.